The molecule has 0 heterocycles. The number of hydrogen-bond acceptors (Lipinski definition) is 3. The number of carbonyl (C=O) groups is 2. The van der Waals surface area contributed by atoms with Crippen LogP contribution in [-0.4, -0.2) is 12.4 Å². The average Bonchev–Trinajstić information content (AvgIpc) is 2.01. The number of primary amides is 1. The summed E-state index contributed by atoms with van der Waals surface area (Å²) in [6.07, 6.45) is -0.348. The minimum Gasteiger partial charge on any atom is -0.410 e. The Bertz CT molecular complexity index is 351. The van der Waals surface area contributed by atoms with Crippen molar-refractivity contribution in [1.82, 2.24) is 0 Å². The third kappa shape index (κ3) is 2.76. The van der Waals surface area contributed by atoms with E-state index in [0.29, 0.717) is 16.9 Å². The van der Waals surface area contributed by atoms with Crippen molar-refractivity contribution < 1.29 is 14.3 Å². The predicted octanol–water partition coefficient (Wildman–Crippen LogP) is 1.61. The molecule has 0 aromatic heterocycles. The molecule has 0 saturated heterocycles. The van der Waals surface area contributed by atoms with Crippen LogP contribution in [0.5, 0.6) is 5.75 Å². The van der Waals surface area contributed by atoms with E-state index in [1.54, 1.807) is 0 Å². The fraction of sp³-hybridized carbons (Fsp3) is 0. The first kappa shape index (κ1) is 9.54. The van der Waals surface area contributed by atoms with E-state index in [0.717, 1.165) is 0 Å². The van der Waals surface area contributed by atoms with Crippen molar-refractivity contribution in [3.05, 3.63) is 28.8 Å². The van der Waals surface area contributed by atoms with Gasteiger partial charge >= 0.3 is 6.09 Å². The second-order valence-electron chi connectivity index (χ2n) is 2.26. The molecule has 0 radical (unpaired) electrons. The zero-order valence-electron chi connectivity index (χ0n) is 6.49. The number of ether oxygens (including phenoxy) is 1. The maximum absolute atomic E-state index is 10.4. The molecule has 0 fully saturated rings. The monoisotopic (exact) mass is 199 g/mol. The Morgan fingerprint density at radius 1 is 1.46 bits per heavy atom. The maximum atomic E-state index is 10.4. The van der Waals surface area contributed by atoms with Crippen LogP contribution in [0.3, 0.4) is 0 Å². The summed E-state index contributed by atoms with van der Waals surface area (Å²) in [6, 6.07) is 4.20. The SMILES string of the molecule is NC(=O)Oc1cc(Cl)cc(C=O)c1. The number of aldehydes is 1. The average molecular weight is 200 g/mol. The second-order valence-corrected chi connectivity index (χ2v) is 2.70. The van der Waals surface area contributed by atoms with E-state index in [9.17, 15) is 9.59 Å². The predicted molar refractivity (Wildman–Crippen MR) is 47.1 cm³/mol. The van der Waals surface area contributed by atoms with Gasteiger partial charge in [-0.15, -0.1) is 0 Å². The highest BCUT2D eigenvalue weighted by atomic mass is 35.5. The number of nitrogens with two attached hydrogens (primary N) is 1. The zero-order valence-corrected chi connectivity index (χ0v) is 7.25. The van der Waals surface area contributed by atoms with E-state index in [2.05, 4.69) is 4.74 Å². The summed E-state index contributed by atoms with van der Waals surface area (Å²) >= 11 is 5.62. The van der Waals surface area contributed by atoms with Crippen LogP contribution in [-0.2, 0) is 0 Å². The number of carbonyl (C=O) groups excluding carboxylic acids is 2. The molecule has 0 unspecified atom stereocenters. The molecule has 0 aliphatic rings. The van der Waals surface area contributed by atoms with Gasteiger partial charge in [0, 0.05) is 10.6 Å². The maximum Gasteiger partial charge on any atom is 0.409 e. The molecule has 5 heteroatoms. The lowest BCUT2D eigenvalue weighted by atomic mass is 10.2. The van der Waals surface area contributed by atoms with Crippen molar-refractivity contribution in [2.24, 2.45) is 5.73 Å². The van der Waals surface area contributed by atoms with Crippen molar-refractivity contribution in [1.29, 1.82) is 0 Å². The quantitative estimate of drug-likeness (QED) is 0.736. The Kier molecular flexibility index (Phi) is 2.87. The second kappa shape index (κ2) is 3.91. The smallest absolute Gasteiger partial charge is 0.409 e. The Morgan fingerprint density at radius 2 is 2.15 bits per heavy atom. The Hall–Kier alpha value is -1.55. The van der Waals surface area contributed by atoms with Crippen molar-refractivity contribution in [3.63, 3.8) is 0 Å². The van der Waals surface area contributed by atoms with Crippen molar-refractivity contribution in [2.75, 3.05) is 0 Å². The van der Waals surface area contributed by atoms with Gasteiger partial charge in [-0.2, -0.15) is 0 Å². The molecular formula is C8H6ClNO3. The molecule has 1 amide bonds. The van der Waals surface area contributed by atoms with Gasteiger partial charge in [-0.3, -0.25) is 4.79 Å². The summed E-state index contributed by atoms with van der Waals surface area (Å²) in [5.74, 6) is 0.155. The molecule has 0 aliphatic heterocycles. The van der Waals surface area contributed by atoms with Gasteiger partial charge in [0.15, 0.2) is 0 Å². The van der Waals surface area contributed by atoms with Crippen molar-refractivity contribution in [2.45, 2.75) is 0 Å². The third-order valence-corrected chi connectivity index (χ3v) is 1.47. The molecule has 0 spiro atoms. The molecular weight excluding hydrogens is 194 g/mol. The summed E-state index contributed by atoms with van der Waals surface area (Å²) in [5, 5.41) is 0.306. The molecule has 1 aromatic carbocycles. The molecule has 4 nitrogen and oxygen atoms in total. The molecule has 0 bridgehead atoms. The summed E-state index contributed by atoms with van der Waals surface area (Å²) in [4.78, 5) is 20.7. The van der Waals surface area contributed by atoms with Crippen molar-refractivity contribution >= 4 is 24.0 Å². The van der Waals surface area contributed by atoms with Gasteiger partial charge in [0.1, 0.15) is 12.0 Å². The summed E-state index contributed by atoms with van der Waals surface area (Å²) in [5.41, 5.74) is 5.10. The topological polar surface area (TPSA) is 69.4 Å². The number of amides is 1. The molecule has 2 N–H and O–H groups in total. The van der Waals surface area contributed by atoms with E-state index < -0.39 is 6.09 Å². The zero-order chi connectivity index (χ0) is 9.84. The molecule has 0 saturated carbocycles. The molecule has 1 rings (SSSR count). The van der Waals surface area contributed by atoms with Gasteiger partial charge in [-0.1, -0.05) is 11.6 Å². The Morgan fingerprint density at radius 3 is 2.69 bits per heavy atom. The number of halogens is 1. The van der Waals surface area contributed by atoms with E-state index in [4.69, 9.17) is 17.3 Å². The van der Waals surface area contributed by atoms with Gasteiger partial charge in [0.25, 0.3) is 0 Å². The lowest BCUT2D eigenvalue weighted by Crippen LogP contribution is -2.16. The first-order valence-electron chi connectivity index (χ1n) is 3.35. The van der Waals surface area contributed by atoms with E-state index in [-0.39, 0.29) is 5.75 Å². The van der Waals surface area contributed by atoms with Crippen LogP contribution < -0.4 is 10.5 Å². The highest BCUT2D eigenvalue weighted by Crippen LogP contribution is 2.19. The number of benzene rings is 1. The lowest BCUT2D eigenvalue weighted by molar-refractivity contribution is 0.112. The van der Waals surface area contributed by atoms with Gasteiger partial charge in [0.2, 0.25) is 0 Å². The minimum absolute atomic E-state index is 0.155. The first-order valence-corrected chi connectivity index (χ1v) is 3.72. The van der Waals surface area contributed by atoms with Crippen LogP contribution in [0.2, 0.25) is 5.02 Å². The van der Waals surface area contributed by atoms with Crippen LogP contribution in [0.15, 0.2) is 18.2 Å². The fourth-order valence-electron chi connectivity index (χ4n) is 0.828. The molecule has 68 valence electrons. The van der Waals surface area contributed by atoms with E-state index in [1.807, 2.05) is 0 Å². The van der Waals surface area contributed by atoms with Crippen LogP contribution >= 0.6 is 11.6 Å². The van der Waals surface area contributed by atoms with Crippen LogP contribution in [0, 0.1) is 0 Å². The fourth-order valence-corrected chi connectivity index (χ4v) is 1.06. The molecule has 1 aromatic rings. The van der Waals surface area contributed by atoms with Gasteiger partial charge in [-0.25, -0.2) is 4.79 Å². The van der Waals surface area contributed by atoms with Crippen molar-refractivity contribution in [3.8, 4) is 5.75 Å². The number of hydrogen-bond donors (Lipinski definition) is 1. The summed E-state index contributed by atoms with van der Waals surface area (Å²) in [7, 11) is 0. The van der Waals surface area contributed by atoms with Crippen LogP contribution in [0.1, 0.15) is 10.4 Å². The highest BCUT2D eigenvalue weighted by Gasteiger charge is 2.02. The number of rotatable bonds is 2. The van der Waals surface area contributed by atoms with E-state index >= 15 is 0 Å². The highest BCUT2D eigenvalue weighted by molar-refractivity contribution is 6.31. The minimum atomic E-state index is -0.945. The van der Waals surface area contributed by atoms with E-state index in [1.165, 1.54) is 18.2 Å². The van der Waals surface area contributed by atoms with Gasteiger partial charge < -0.3 is 10.5 Å². The Labute approximate surface area is 79.2 Å². The standard InChI is InChI=1S/C8H6ClNO3/c9-6-1-5(4-11)2-7(3-6)13-8(10)12/h1-4H,(H2,10,12). The summed E-state index contributed by atoms with van der Waals surface area (Å²) in [6.45, 7) is 0. The Balaban J connectivity index is 3.01. The molecule has 13 heavy (non-hydrogen) atoms. The lowest BCUT2D eigenvalue weighted by Gasteiger charge is -2.01. The van der Waals surface area contributed by atoms with Gasteiger partial charge in [-0.05, 0) is 18.2 Å². The summed E-state index contributed by atoms with van der Waals surface area (Å²) < 4.78 is 4.53. The third-order valence-electron chi connectivity index (χ3n) is 1.25. The van der Waals surface area contributed by atoms with Gasteiger partial charge in [0.05, 0.1) is 0 Å². The molecule has 0 atom stereocenters. The van der Waals surface area contributed by atoms with Crippen LogP contribution in [0.25, 0.3) is 0 Å². The first-order chi connectivity index (χ1) is 6.11. The van der Waals surface area contributed by atoms with Crippen LogP contribution in [0.4, 0.5) is 4.79 Å². The molecule has 0 aliphatic carbocycles. The normalized spacial score (nSPS) is 9.31. The largest absolute Gasteiger partial charge is 0.410 e.